The van der Waals surface area contributed by atoms with Gasteiger partial charge < -0.3 is 16.0 Å². The van der Waals surface area contributed by atoms with Crippen LogP contribution >= 0.6 is 0 Å². The van der Waals surface area contributed by atoms with E-state index in [9.17, 15) is 18.0 Å². The summed E-state index contributed by atoms with van der Waals surface area (Å²) in [6, 6.07) is -0.355. The van der Waals surface area contributed by atoms with E-state index >= 15 is 0 Å². The standard InChI is InChI=1S/C14H27N3O4S/c1-4-7-14(3,15)13(19)17(5-2)9-12(18)16-11-6-8-22(20,21)10-11/h11H,4-10,15H2,1-3H3,(H,16,18). The normalized spacial score (nSPS) is 22.8. The largest absolute Gasteiger partial charge is 0.351 e. The van der Waals surface area contributed by atoms with E-state index in [-0.39, 0.29) is 35.9 Å². The molecule has 0 saturated carbocycles. The zero-order chi connectivity index (χ0) is 17.0. The topological polar surface area (TPSA) is 110 Å². The molecule has 22 heavy (non-hydrogen) atoms. The number of sulfone groups is 1. The van der Waals surface area contributed by atoms with E-state index in [0.29, 0.717) is 19.4 Å². The van der Waals surface area contributed by atoms with Gasteiger partial charge in [-0.05, 0) is 26.7 Å². The van der Waals surface area contributed by atoms with Crippen LogP contribution in [-0.2, 0) is 19.4 Å². The van der Waals surface area contributed by atoms with Gasteiger partial charge in [0.05, 0.1) is 23.6 Å². The second kappa shape index (κ2) is 7.41. The van der Waals surface area contributed by atoms with Gasteiger partial charge >= 0.3 is 0 Å². The Morgan fingerprint density at radius 2 is 2.00 bits per heavy atom. The molecule has 1 aliphatic rings. The minimum absolute atomic E-state index is 0.0246. The third kappa shape index (κ3) is 5.24. The summed E-state index contributed by atoms with van der Waals surface area (Å²) < 4.78 is 22.8. The van der Waals surface area contributed by atoms with E-state index in [1.807, 2.05) is 6.92 Å². The summed E-state index contributed by atoms with van der Waals surface area (Å²) in [5.74, 6) is -0.523. The van der Waals surface area contributed by atoms with Crippen LogP contribution in [0.5, 0.6) is 0 Å². The molecule has 8 heteroatoms. The lowest BCUT2D eigenvalue weighted by atomic mass is 9.95. The Morgan fingerprint density at radius 1 is 1.36 bits per heavy atom. The molecule has 128 valence electrons. The highest BCUT2D eigenvalue weighted by molar-refractivity contribution is 7.91. The minimum Gasteiger partial charge on any atom is -0.351 e. The number of hydrogen-bond donors (Lipinski definition) is 2. The first-order valence-corrected chi connectivity index (χ1v) is 9.51. The predicted octanol–water partition coefficient (Wildman–Crippen LogP) is -0.344. The molecule has 2 amide bonds. The van der Waals surface area contributed by atoms with Crippen LogP contribution < -0.4 is 11.1 Å². The molecule has 1 rings (SSSR count). The maximum Gasteiger partial charge on any atom is 0.242 e. The summed E-state index contributed by atoms with van der Waals surface area (Å²) in [4.78, 5) is 25.8. The molecule has 0 bridgehead atoms. The smallest absolute Gasteiger partial charge is 0.242 e. The van der Waals surface area contributed by atoms with Gasteiger partial charge in [0.15, 0.2) is 9.84 Å². The van der Waals surface area contributed by atoms with Gasteiger partial charge in [0.2, 0.25) is 11.8 Å². The third-order valence-corrected chi connectivity index (χ3v) is 5.63. The van der Waals surface area contributed by atoms with Gasteiger partial charge in [-0.1, -0.05) is 13.3 Å². The fourth-order valence-corrected chi connectivity index (χ4v) is 4.34. The molecule has 2 unspecified atom stereocenters. The fraction of sp³-hybridized carbons (Fsp3) is 0.857. The highest BCUT2D eigenvalue weighted by Gasteiger charge is 2.33. The number of likely N-dealkylation sites (N-methyl/N-ethyl adjacent to an activating group) is 1. The molecule has 7 nitrogen and oxygen atoms in total. The fourth-order valence-electron chi connectivity index (χ4n) is 2.67. The average Bonchev–Trinajstić information content (AvgIpc) is 2.74. The van der Waals surface area contributed by atoms with Crippen molar-refractivity contribution in [1.29, 1.82) is 0 Å². The highest BCUT2D eigenvalue weighted by atomic mass is 32.2. The Labute approximate surface area is 132 Å². The maximum absolute atomic E-state index is 12.4. The number of carbonyl (C=O) groups is 2. The molecule has 0 aromatic heterocycles. The van der Waals surface area contributed by atoms with E-state index in [4.69, 9.17) is 5.73 Å². The molecule has 0 spiro atoms. The second-order valence-electron chi connectivity index (χ2n) is 6.15. The van der Waals surface area contributed by atoms with Crippen molar-refractivity contribution in [2.24, 2.45) is 5.73 Å². The molecule has 0 radical (unpaired) electrons. The van der Waals surface area contributed by atoms with Crippen LogP contribution in [0.15, 0.2) is 0 Å². The van der Waals surface area contributed by atoms with Gasteiger partial charge in [0.1, 0.15) is 0 Å². The molecular formula is C14H27N3O4S. The van der Waals surface area contributed by atoms with Crippen LogP contribution in [0.3, 0.4) is 0 Å². The van der Waals surface area contributed by atoms with Crippen LogP contribution in [-0.4, -0.2) is 61.3 Å². The monoisotopic (exact) mass is 333 g/mol. The summed E-state index contributed by atoms with van der Waals surface area (Å²) in [7, 11) is -3.04. The SMILES string of the molecule is CCCC(C)(N)C(=O)N(CC)CC(=O)NC1CCS(=O)(=O)C1. The summed E-state index contributed by atoms with van der Waals surface area (Å²) in [6.45, 7) is 5.69. The van der Waals surface area contributed by atoms with E-state index in [2.05, 4.69) is 5.32 Å². The first kappa shape index (κ1) is 18.9. The van der Waals surface area contributed by atoms with Crippen molar-refractivity contribution in [3.63, 3.8) is 0 Å². The molecular weight excluding hydrogens is 306 g/mol. The molecule has 0 aromatic carbocycles. The maximum atomic E-state index is 12.4. The van der Waals surface area contributed by atoms with Crippen LogP contribution in [0.4, 0.5) is 0 Å². The molecule has 3 N–H and O–H groups in total. The molecule has 1 fully saturated rings. The Hall–Kier alpha value is -1.15. The van der Waals surface area contributed by atoms with Crippen molar-refractivity contribution in [3.05, 3.63) is 0 Å². The van der Waals surface area contributed by atoms with Crippen LogP contribution in [0, 0.1) is 0 Å². The van der Waals surface area contributed by atoms with Crippen molar-refractivity contribution in [2.75, 3.05) is 24.6 Å². The third-order valence-electron chi connectivity index (χ3n) is 3.86. The van der Waals surface area contributed by atoms with Crippen molar-refractivity contribution < 1.29 is 18.0 Å². The Kier molecular flexibility index (Phi) is 6.37. The molecule has 1 saturated heterocycles. The summed E-state index contributed by atoms with van der Waals surface area (Å²) in [6.07, 6.45) is 1.76. The molecule has 2 atom stereocenters. The average molecular weight is 333 g/mol. The number of rotatable bonds is 7. The Morgan fingerprint density at radius 3 is 2.45 bits per heavy atom. The second-order valence-corrected chi connectivity index (χ2v) is 8.38. The van der Waals surface area contributed by atoms with E-state index in [1.54, 1.807) is 13.8 Å². The molecule has 1 heterocycles. The number of carbonyl (C=O) groups excluding carboxylic acids is 2. The summed E-state index contributed by atoms with van der Waals surface area (Å²) >= 11 is 0. The quantitative estimate of drug-likeness (QED) is 0.662. The van der Waals surface area contributed by atoms with Crippen LogP contribution in [0.1, 0.15) is 40.0 Å². The first-order valence-electron chi connectivity index (χ1n) is 7.69. The van der Waals surface area contributed by atoms with Crippen molar-refractivity contribution in [2.45, 2.75) is 51.6 Å². The Balaban J connectivity index is 2.59. The first-order chi connectivity index (χ1) is 10.1. The van der Waals surface area contributed by atoms with E-state index in [0.717, 1.165) is 6.42 Å². The lowest BCUT2D eigenvalue weighted by molar-refractivity contribution is -0.140. The van der Waals surface area contributed by atoms with Gasteiger partial charge in [-0.25, -0.2) is 8.42 Å². The molecule has 1 aliphatic heterocycles. The number of amides is 2. The van der Waals surface area contributed by atoms with E-state index < -0.39 is 15.4 Å². The van der Waals surface area contributed by atoms with Gasteiger partial charge in [0, 0.05) is 12.6 Å². The number of nitrogens with one attached hydrogen (secondary N) is 1. The van der Waals surface area contributed by atoms with Gasteiger partial charge in [0.25, 0.3) is 0 Å². The molecule has 0 aromatic rings. The van der Waals surface area contributed by atoms with Crippen LogP contribution in [0.25, 0.3) is 0 Å². The van der Waals surface area contributed by atoms with Gasteiger partial charge in [-0.3, -0.25) is 9.59 Å². The van der Waals surface area contributed by atoms with Crippen molar-refractivity contribution in [1.82, 2.24) is 10.2 Å². The summed E-state index contributed by atoms with van der Waals surface area (Å²) in [5, 5.41) is 2.68. The van der Waals surface area contributed by atoms with Gasteiger partial charge in [-0.15, -0.1) is 0 Å². The molecule has 0 aliphatic carbocycles. The highest BCUT2D eigenvalue weighted by Crippen LogP contribution is 2.14. The number of nitrogens with two attached hydrogens (primary N) is 1. The van der Waals surface area contributed by atoms with Crippen molar-refractivity contribution in [3.8, 4) is 0 Å². The van der Waals surface area contributed by atoms with Gasteiger partial charge in [-0.2, -0.15) is 0 Å². The van der Waals surface area contributed by atoms with Crippen molar-refractivity contribution >= 4 is 21.7 Å². The predicted molar refractivity (Wildman–Crippen MR) is 85.0 cm³/mol. The lowest BCUT2D eigenvalue weighted by Gasteiger charge is -2.30. The number of nitrogens with zero attached hydrogens (tertiary/aromatic N) is 1. The lowest BCUT2D eigenvalue weighted by Crippen LogP contribution is -2.55. The van der Waals surface area contributed by atoms with E-state index in [1.165, 1.54) is 4.90 Å². The van der Waals surface area contributed by atoms with Crippen LogP contribution in [0.2, 0.25) is 0 Å². The Bertz CT molecular complexity index is 516. The minimum atomic E-state index is -3.04. The zero-order valence-electron chi connectivity index (χ0n) is 13.6. The summed E-state index contributed by atoms with van der Waals surface area (Å²) in [5.41, 5.74) is 5.04. The number of hydrogen-bond acceptors (Lipinski definition) is 5. The zero-order valence-corrected chi connectivity index (χ0v) is 14.4.